The second kappa shape index (κ2) is 7.31. The van der Waals surface area contributed by atoms with E-state index in [-0.39, 0.29) is 5.92 Å². The highest BCUT2D eigenvalue weighted by molar-refractivity contribution is 7.86. The van der Waals surface area contributed by atoms with Crippen molar-refractivity contribution in [2.75, 3.05) is 33.2 Å². The Balaban J connectivity index is 1.95. The van der Waals surface area contributed by atoms with Crippen LogP contribution in [0.5, 0.6) is 0 Å². The van der Waals surface area contributed by atoms with Gasteiger partial charge in [-0.3, -0.25) is 4.98 Å². The van der Waals surface area contributed by atoms with Crippen molar-refractivity contribution in [3.8, 4) is 0 Å². The molecule has 0 aliphatic carbocycles. The van der Waals surface area contributed by atoms with Crippen molar-refractivity contribution in [1.29, 1.82) is 0 Å². The number of nitrogens with two attached hydrogens (primary N) is 1. The molecular formula is C14H24N4O2S. The lowest BCUT2D eigenvalue weighted by Crippen LogP contribution is -2.48. The summed E-state index contributed by atoms with van der Waals surface area (Å²) in [5.41, 5.74) is 6.58. The summed E-state index contributed by atoms with van der Waals surface area (Å²) in [5.74, 6) is 0.276. The zero-order valence-corrected chi connectivity index (χ0v) is 13.3. The van der Waals surface area contributed by atoms with Gasteiger partial charge in [-0.15, -0.1) is 0 Å². The third kappa shape index (κ3) is 4.23. The van der Waals surface area contributed by atoms with Crippen LogP contribution in [-0.2, 0) is 16.6 Å². The Morgan fingerprint density at radius 2 is 2.29 bits per heavy atom. The Kier molecular flexibility index (Phi) is 5.69. The van der Waals surface area contributed by atoms with Crippen molar-refractivity contribution in [2.24, 2.45) is 11.7 Å². The van der Waals surface area contributed by atoms with Crippen LogP contribution in [0.4, 0.5) is 0 Å². The third-order valence-corrected chi connectivity index (χ3v) is 5.90. The van der Waals surface area contributed by atoms with E-state index in [1.165, 1.54) is 4.31 Å². The van der Waals surface area contributed by atoms with E-state index in [1.807, 2.05) is 18.2 Å². The molecule has 1 aliphatic rings. The van der Waals surface area contributed by atoms with Gasteiger partial charge in [0.2, 0.25) is 0 Å². The van der Waals surface area contributed by atoms with Gasteiger partial charge in [-0.1, -0.05) is 6.07 Å². The molecule has 118 valence electrons. The van der Waals surface area contributed by atoms with Gasteiger partial charge in [0.1, 0.15) is 0 Å². The molecule has 21 heavy (non-hydrogen) atoms. The molecule has 2 rings (SSSR count). The van der Waals surface area contributed by atoms with Crippen molar-refractivity contribution in [2.45, 2.75) is 19.3 Å². The maximum atomic E-state index is 12.6. The summed E-state index contributed by atoms with van der Waals surface area (Å²) in [6.07, 6.45) is 4.24. The van der Waals surface area contributed by atoms with E-state index in [0.29, 0.717) is 32.6 Å². The zero-order chi connectivity index (χ0) is 15.3. The van der Waals surface area contributed by atoms with Crippen LogP contribution in [0.25, 0.3) is 0 Å². The highest BCUT2D eigenvalue weighted by atomic mass is 32.2. The number of hydrogen-bond acceptors (Lipinski definition) is 4. The average molecular weight is 312 g/mol. The van der Waals surface area contributed by atoms with E-state index in [9.17, 15) is 8.42 Å². The van der Waals surface area contributed by atoms with E-state index in [2.05, 4.69) is 4.98 Å². The fraction of sp³-hybridized carbons (Fsp3) is 0.643. The topological polar surface area (TPSA) is 79.5 Å². The van der Waals surface area contributed by atoms with Gasteiger partial charge in [0, 0.05) is 45.0 Å². The van der Waals surface area contributed by atoms with E-state index in [1.54, 1.807) is 17.5 Å². The van der Waals surface area contributed by atoms with Gasteiger partial charge in [-0.2, -0.15) is 17.0 Å². The van der Waals surface area contributed by atoms with Gasteiger partial charge in [0.15, 0.2) is 0 Å². The molecule has 1 saturated heterocycles. The largest absolute Gasteiger partial charge is 0.330 e. The predicted octanol–water partition coefficient (Wildman–Crippen LogP) is 0.471. The van der Waals surface area contributed by atoms with Gasteiger partial charge in [-0.25, -0.2) is 0 Å². The normalized spacial score (nSPS) is 20.8. The van der Waals surface area contributed by atoms with Gasteiger partial charge < -0.3 is 5.73 Å². The molecule has 1 unspecified atom stereocenters. The lowest BCUT2D eigenvalue weighted by Gasteiger charge is -2.33. The van der Waals surface area contributed by atoms with Gasteiger partial charge in [0.05, 0.1) is 0 Å². The van der Waals surface area contributed by atoms with Crippen molar-refractivity contribution < 1.29 is 8.42 Å². The molecule has 0 saturated carbocycles. The Morgan fingerprint density at radius 1 is 1.48 bits per heavy atom. The van der Waals surface area contributed by atoms with E-state index in [0.717, 1.165) is 18.5 Å². The molecule has 6 nitrogen and oxygen atoms in total. The third-order valence-electron chi connectivity index (χ3n) is 3.94. The SMILES string of the molecule is CN(CCc1ccccn1)S(=O)(=O)N1CCCC(CN)C1. The molecule has 7 heteroatoms. The first-order valence-corrected chi connectivity index (χ1v) is 8.75. The molecule has 1 aromatic heterocycles. The second-order valence-corrected chi connectivity index (χ2v) is 7.54. The molecule has 1 aliphatic heterocycles. The number of nitrogens with zero attached hydrogens (tertiary/aromatic N) is 3. The summed E-state index contributed by atoms with van der Waals surface area (Å²) in [4.78, 5) is 4.22. The summed E-state index contributed by atoms with van der Waals surface area (Å²) in [6, 6.07) is 5.67. The number of rotatable bonds is 6. The number of pyridine rings is 1. The highest BCUT2D eigenvalue weighted by Gasteiger charge is 2.31. The predicted molar refractivity (Wildman–Crippen MR) is 82.8 cm³/mol. The summed E-state index contributed by atoms with van der Waals surface area (Å²) in [6.45, 7) is 2.10. The molecular weight excluding hydrogens is 288 g/mol. The van der Waals surface area contributed by atoms with E-state index in [4.69, 9.17) is 5.73 Å². The molecule has 1 aromatic rings. The van der Waals surface area contributed by atoms with Crippen LogP contribution in [0.2, 0.25) is 0 Å². The Labute approximate surface area is 127 Å². The standard InChI is InChI=1S/C14H24N4O2S/c1-17(10-7-14-6-2-3-8-16-14)21(19,20)18-9-4-5-13(11-15)12-18/h2-3,6,8,13H,4-5,7,9-12,15H2,1H3. The minimum absolute atomic E-state index is 0.276. The molecule has 0 spiro atoms. The van der Waals surface area contributed by atoms with Crippen LogP contribution >= 0.6 is 0 Å². The fourth-order valence-electron chi connectivity index (χ4n) is 2.56. The molecule has 0 radical (unpaired) electrons. The maximum absolute atomic E-state index is 12.6. The quantitative estimate of drug-likeness (QED) is 0.828. The molecule has 1 atom stereocenters. The Bertz CT molecular complexity index is 535. The zero-order valence-electron chi connectivity index (χ0n) is 12.5. The Hall–Kier alpha value is -1.02. The minimum Gasteiger partial charge on any atom is -0.330 e. The number of hydrogen-bond donors (Lipinski definition) is 1. The van der Waals surface area contributed by atoms with Crippen molar-refractivity contribution >= 4 is 10.2 Å². The first kappa shape index (κ1) is 16.4. The van der Waals surface area contributed by atoms with Gasteiger partial charge in [-0.05, 0) is 37.4 Å². The van der Waals surface area contributed by atoms with Crippen LogP contribution in [0.1, 0.15) is 18.5 Å². The second-order valence-electron chi connectivity index (χ2n) is 5.50. The highest BCUT2D eigenvalue weighted by Crippen LogP contribution is 2.19. The average Bonchev–Trinajstić information content (AvgIpc) is 2.53. The molecule has 2 heterocycles. The van der Waals surface area contributed by atoms with Crippen LogP contribution in [0.15, 0.2) is 24.4 Å². The summed E-state index contributed by atoms with van der Waals surface area (Å²) < 4.78 is 28.1. The van der Waals surface area contributed by atoms with Crippen molar-refractivity contribution in [3.63, 3.8) is 0 Å². The van der Waals surface area contributed by atoms with Crippen molar-refractivity contribution in [3.05, 3.63) is 30.1 Å². The van der Waals surface area contributed by atoms with Crippen LogP contribution in [-0.4, -0.2) is 55.2 Å². The Morgan fingerprint density at radius 3 is 2.95 bits per heavy atom. The molecule has 2 N–H and O–H groups in total. The fourth-order valence-corrected chi connectivity index (χ4v) is 4.03. The van der Waals surface area contributed by atoms with E-state index < -0.39 is 10.2 Å². The van der Waals surface area contributed by atoms with Crippen LogP contribution in [0, 0.1) is 5.92 Å². The monoisotopic (exact) mass is 312 g/mol. The first-order chi connectivity index (χ1) is 10.0. The lowest BCUT2D eigenvalue weighted by molar-refractivity contribution is 0.256. The van der Waals surface area contributed by atoms with Crippen LogP contribution in [0.3, 0.4) is 0 Å². The van der Waals surface area contributed by atoms with Crippen LogP contribution < -0.4 is 5.73 Å². The number of piperidine rings is 1. The van der Waals surface area contributed by atoms with E-state index >= 15 is 0 Å². The summed E-state index contributed by atoms with van der Waals surface area (Å²) >= 11 is 0. The molecule has 0 amide bonds. The molecule has 0 bridgehead atoms. The van der Waals surface area contributed by atoms with Gasteiger partial charge >= 0.3 is 0 Å². The smallest absolute Gasteiger partial charge is 0.281 e. The minimum atomic E-state index is -3.39. The number of likely N-dealkylation sites (N-methyl/N-ethyl adjacent to an activating group) is 1. The molecule has 1 fully saturated rings. The summed E-state index contributed by atoms with van der Waals surface area (Å²) in [7, 11) is -1.76. The maximum Gasteiger partial charge on any atom is 0.281 e. The first-order valence-electron chi connectivity index (χ1n) is 7.35. The number of aromatic nitrogens is 1. The molecule has 0 aromatic carbocycles. The lowest BCUT2D eigenvalue weighted by atomic mass is 10.0. The van der Waals surface area contributed by atoms with Gasteiger partial charge in [0.25, 0.3) is 10.2 Å². The van der Waals surface area contributed by atoms with Crippen molar-refractivity contribution in [1.82, 2.24) is 13.6 Å². The summed E-state index contributed by atoms with van der Waals surface area (Å²) in [5, 5.41) is 0.